The van der Waals surface area contributed by atoms with E-state index < -0.39 is 18.6 Å². The van der Waals surface area contributed by atoms with Gasteiger partial charge >= 0.3 is 6.18 Å². The van der Waals surface area contributed by atoms with Crippen LogP contribution in [0.15, 0.2) is 48.5 Å². The first kappa shape index (κ1) is 19.8. The van der Waals surface area contributed by atoms with Crippen molar-refractivity contribution in [2.45, 2.75) is 24.9 Å². The van der Waals surface area contributed by atoms with Gasteiger partial charge in [-0.1, -0.05) is 36.4 Å². The molecule has 2 aromatic rings. The second kappa shape index (κ2) is 8.06. The molecule has 2 heterocycles. The highest BCUT2D eigenvalue weighted by molar-refractivity contribution is 5.89. The van der Waals surface area contributed by atoms with Crippen LogP contribution in [-0.2, 0) is 4.79 Å². The third-order valence-electron chi connectivity index (χ3n) is 5.62. The van der Waals surface area contributed by atoms with Crippen LogP contribution in [0.5, 0.6) is 11.5 Å². The zero-order chi connectivity index (χ0) is 20.4. The molecule has 1 saturated heterocycles. The van der Waals surface area contributed by atoms with E-state index in [1.165, 1.54) is 4.90 Å². The van der Waals surface area contributed by atoms with Gasteiger partial charge in [0.05, 0.1) is 12.5 Å². The number of amides is 1. The number of halogens is 3. The number of carbonyl (C=O) groups excluding carboxylic acids is 1. The number of hydrogen-bond donors (Lipinski definition) is 1. The summed E-state index contributed by atoms with van der Waals surface area (Å²) < 4.78 is 43.5. The summed E-state index contributed by atoms with van der Waals surface area (Å²) in [6, 6.07) is 15.0. The Morgan fingerprint density at radius 2 is 1.55 bits per heavy atom. The number of nitrogens with one attached hydrogen (secondary N) is 1. The van der Waals surface area contributed by atoms with Crippen LogP contribution in [0.1, 0.15) is 29.9 Å². The molecule has 1 fully saturated rings. The zero-order valence-electron chi connectivity index (χ0n) is 15.9. The van der Waals surface area contributed by atoms with Crippen molar-refractivity contribution < 1.29 is 22.7 Å². The maximum atomic E-state index is 13.1. The smallest absolute Gasteiger partial charge is 0.401 e. The number of nitrogens with zero attached hydrogens (tertiary/aromatic N) is 1. The lowest BCUT2D eigenvalue weighted by molar-refractivity contribution is -0.148. The Balaban J connectivity index is 1.40. The predicted molar refractivity (Wildman–Crippen MR) is 103 cm³/mol. The molecule has 0 atom stereocenters. The fourth-order valence-electron chi connectivity index (χ4n) is 4.14. The highest BCUT2D eigenvalue weighted by Crippen LogP contribution is 2.43. The summed E-state index contributed by atoms with van der Waals surface area (Å²) in [7, 11) is 0. The standard InChI is InChI=1S/C22H23F3N2O2/c23-22(24,25)14-27-11-9-15(10-12-27)13-26-21(28)20-16-5-1-3-7-18(16)29-19-8-4-2-6-17(19)20/h1-8,15,20H,9-14H2,(H,26,28). The van der Waals surface area contributed by atoms with Crippen molar-refractivity contribution >= 4 is 5.91 Å². The summed E-state index contributed by atoms with van der Waals surface area (Å²) in [6.45, 7) is 0.425. The number of hydrogen-bond acceptors (Lipinski definition) is 3. The molecule has 7 heteroatoms. The van der Waals surface area contributed by atoms with Crippen LogP contribution < -0.4 is 10.1 Å². The van der Waals surface area contributed by atoms with E-state index in [1.54, 1.807) is 0 Å². The number of para-hydroxylation sites is 2. The Bertz CT molecular complexity index is 831. The molecule has 0 saturated carbocycles. The number of ether oxygens (including phenoxy) is 1. The Labute approximate surface area is 167 Å². The fraction of sp³-hybridized carbons (Fsp3) is 0.409. The van der Waals surface area contributed by atoms with Crippen LogP contribution in [0, 0.1) is 5.92 Å². The van der Waals surface area contributed by atoms with Crippen LogP contribution in [0.25, 0.3) is 0 Å². The Morgan fingerprint density at radius 1 is 1.00 bits per heavy atom. The third-order valence-corrected chi connectivity index (χ3v) is 5.62. The van der Waals surface area contributed by atoms with Crippen LogP contribution >= 0.6 is 0 Å². The average molecular weight is 404 g/mol. The summed E-state index contributed by atoms with van der Waals surface area (Å²) in [5.41, 5.74) is 1.65. The predicted octanol–water partition coefficient (Wildman–Crippen LogP) is 4.31. The van der Waals surface area contributed by atoms with Crippen LogP contribution in [0.4, 0.5) is 13.2 Å². The lowest BCUT2D eigenvalue weighted by atomic mass is 9.87. The first-order valence-electron chi connectivity index (χ1n) is 9.83. The van der Waals surface area contributed by atoms with E-state index in [4.69, 9.17) is 4.74 Å². The molecule has 2 aliphatic rings. The molecule has 0 spiro atoms. The first-order valence-corrected chi connectivity index (χ1v) is 9.83. The third kappa shape index (κ3) is 4.56. The van der Waals surface area contributed by atoms with E-state index in [-0.39, 0.29) is 11.8 Å². The summed E-state index contributed by atoms with van der Waals surface area (Å²) in [4.78, 5) is 14.5. The number of benzene rings is 2. The molecule has 4 rings (SSSR count). The molecular weight excluding hydrogens is 381 g/mol. The second-order valence-corrected chi connectivity index (χ2v) is 7.69. The van der Waals surface area contributed by atoms with E-state index in [2.05, 4.69) is 5.32 Å². The number of likely N-dealkylation sites (tertiary alicyclic amines) is 1. The van der Waals surface area contributed by atoms with Crippen LogP contribution in [0.2, 0.25) is 0 Å². The molecule has 154 valence electrons. The van der Waals surface area contributed by atoms with Gasteiger partial charge in [-0.2, -0.15) is 13.2 Å². The van der Waals surface area contributed by atoms with Crippen molar-refractivity contribution in [3.8, 4) is 11.5 Å². The molecule has 0 radical (unpaired) electrons. The van der Waals surface area contributed by atoms with E-state index in [9.17, 15) is 18.0 Å². The number of carbonyl (C=O) groups is 1. The van der Waals surface area contributed by atoms with Gasteiger partial charge in [-0.3, -0.25) is 9.69 Å². The molecular formula is C22H23F3N2O2. The van der Waals surface area contributed by atoms with Crippen molar-refractivity contribution in [2.75, 3.05) is 26.2 Å². The average Bonchev–Trinajstić information content (AvgIpc) is 2.70. The highest BCUT2D eigenvalue weighted by Gasteiger charge is 2.34. The van der Waals surface area contributed by atoms with E-state index >= 15 is 0 Å². The maximum absolute atomic E-state index is 13.1. The summed E-state index contributed by atoms with van der Waals surface area (Å²) >= 11 is 0. The highest BCUT2D eigenvalue weighted by atomic mass is 19.4. The molecule has 1 amide bonds. The van der Waals surface area contributed by atoms with Crippen molar-refractivity contribution in [1.82, 2.24) is 10.2 Å². The van der Waals surface area contributed by atoms with Gasteiger partial charge in [-0.25, -0.2) is 0 Å². The Hall–Kier alpha value is -2.54. The van der Waals surface area contributed by atoms with Gasteiger partial charge in [-0.05, 0) is 44.0 Å². The number of piperidine rings is 1. The van der Waals surface area contributed by atoms with Gasteiger partial charge in [-0.15, -0.1) is 0 Å². The Kier molecular flexibility index (Phi) is 5.50. The zero-order valence-corrected chi connectivity index (χ0v) is 15.9. The second-order valence-electron chi connectivity index (χ2n) is 7.69. The van der Waals surface area contributed by atoms with Crippen LogP contribution in [0.3, 0.4) is 0 Å². The van der Waals surface area contributed by atoms with Gasteiger partial charge in [0.15, 0.2) is 0 Å². The number of rotatable bonds is 4. The van der Waals surface area contributed by atoms with Gasteiger partial charge in [0.1, 0.15) is 11.5 Å². The minimum absolute atomic E-state index is 0.106. The normalized spacial score (nSPS) is 17.9. The lowest BCUT2D eigenvalue weighted by Gasteiger charge is -2.33. The van der Waals surface area contributed by atoms with E-state index in [0.29, 0.717) is 44.0 Å². The summed E-state index contributed by atoms with van der Waals surface area (Å²) in [5.74, 6) is 0.972. The van der Waals surface area contributed by atoms with Gasteiger partial charge in [0.2, 0.25) is 5.91 Å². The topological polar surface area (TPSA) is 41.6 Å². The molecule has 1 N–H and O–H groups in total. The van der Waals surface area contributed by atoms with Gasteiger partial charge in [0, 0.05) is 17.7 Å². The molecule has 0 unspecified atom stereocenters. The molecule has 29 heavy (non-hydrogen) atoms. The van der Waals surface area contributed by atoms with Gasteiger partial charge < -0.3 is 10.1 Å². The Morgan fingerprint density at radius 3 is 2.10 bits per heavy atom. The fourth-order valence-corrected chi connectivity index (χ4v) is 4.14. The minimum atomic E-state index is -4.16. The van der Waals surface area contributed by atoms with E-state index in [0.717, 1.165) is 11.1 Å². The quantitative estimate of drug-likeness (QED) is 0.826. The van der Waals surface area contributed by atoms with Crippen molar-refractivity contribution in [2.24, 2.45) is 5.92 Å². The van der Waals surface area contributed by atoms with Crippen molar-refractivity contribution in [3.05, 3.63) is 59.7 Å². The monoisotopic (exact) mass is 404 g/mol. The minimum Gasteiger partial charge on any atom is -0.457 e. The molecule has 4 nitrogen and oxygen atoms in total. The molecule has 2 aromatic carbocycles. The SMILES string of the molecule is O=C(NCC1CCN(CC(F)(F)F)CC1)C1c2ccccc2Oc2ccccc21. The van der Waals surface area contributed by atoms with Crippen molar-refractivity contribution in [1.29, 1.82) is 0 Å². The van der Waals surface area contributed by atoms with Crippen LogP contribution in [-0.4, -0.2) is 43.2 Å². The number of alkyl halides is 3. The molecule has 0 aromatic heterocycles. The first-order chi connectivity index (χ1) is 13.9. The number of fused-ring (bicyclic) bond motifs is 2. The van der Waals surface area contributed by atoms with Gasteiger partial charge in [0.25, 0.3) is 0 Å². The summed E-state index contributed by atoms with van der Waals surface area (Å²) in [6.07, 6.45) is -2.86. The molecule has 0 aliphatic carbocycles. The summed E-state index contributed by atoms with van der Waals surface area (Å²) in [5, 5.41) is 3.03. The lowest BCUT2D eigenvalue weighted by Crippen LogP contribution is -2.43. The molecule has 0 bridgehead atoms. The molecule has 2 aliphatic heterocycles. The van der Waals surface area contributed by atoms with E-state index in [1.807, 2.05) is 48.5 Å². The maximum Gasteiger partial charge on any atom is 0.401 e. The van der Waals surface area contributed by atoms with Crippen molar-refractivity contribution in [3.63, 3.8) is 0 Å². The largest absolute Gasteiger partial charge is 0.457 e.